The van der Waals surface area contributed by atoms with Crippen LogP contribution in [0.3, 0.4) is 0 Å². The molecule has 1 N–H and O–H groups in total. The molecule has 0 aromatic heterocycles. The third-order valence-corrected chi connectivity index (χ3v) is 8.17. The van der Waals surface area contributed by atoms with Gasteiger partial charge in [0.05, 0.1) is 31.3 Å². The normalized spacial score (nSPS) is 17.4. The van der Waals surface area contributed by atoms with E-state index in [0.717, 1.165) is 64.1 Å². The van der Waals surface area contributed by atoms with Crippen molar-refractivity contribution in [1.82, 2.24) is 4.90 Å². The van der Waals surface area contributed by atoms with Crippen LogP contribution in [0.15, 0.2) is 42.5 Å². The van der Waals surface area contributed by atoms with Gasteiger partial charge in [-0.05, 0) is 92.9 Å². The molecule has 3 aromatic rings. The first-order valence-electron chi connectivity index (χ1n) is 14.6. The van der Waals surface area contributed by atoms with Crippen molar-refractivity contribution in [3.63, 3.8) is 0 Å². The minimum absolute atomic E-state index is 0.0123. The molecule has 0 spiro atoms. The van der Waals surface area contributed by atoms with Gasteiger partial charge in [-0.3, -0.25) is 4.79 Å². The summed E-state index contributed by atoms with van der Waals surface area (Å²) in [5.41, 5.74) is 8.08. The molecular weight excluding hydrogens is 528 g/mol. The molecule has 0 fully saturated rings. The van der Waals surface area contributed by atoms with Gasteiger partial charge >= 0.3 is 5.97 Å². The largest absolute Gasteiger partial charge is 0.493 e. The molecule has 3 aromatic carbocycles. The van der Waals surface area contributed by atoms with Gasteiger partial charge in [0.25, 0.3) is 0 Å². The number of nitriles is 1. The summed E-state index contributed by atoms with van der Waals surface area (Å²) >= 11 is 0. The Morgan fingerprint density at radius 3 is 2.45 bits per heavy atom. The van der Waals surface area contributed by atoms with Crippen LogP contribution in [0.1, 0.15) is 72.1 Å². The molecular formula is C35H40N2O5. The first kappa shape index (κ1) is 29.5. The molecule has 0 bridgehead atoms. The molecule has 7 heteroatoms. The van der Waals surface area contributed by atoms with Gasteiger partial charge in [-0.2, -0.15) is 5.26 Å². The molecule has 220 valence electrons. The van der Waals surface area contributed by atoms with Crippen LogP contribution in [-0.2, 0) is 11.2 Å². The number of rotatable bonds is 10. The predicted molar refractivity (Wildman–Crippen MR) is 163 cm³/mol. The summed E-state index contributed by atoms with van der Waals surface area (Å²) in [4.78, 5) is 13.4. The van der Waals surface area contributed by atoms with Gasteiger partial charge in [0.15, 0.2) is 0 Å². The smallest absolute Gasteiger partial charge is 0.304 e. The lowest BCUT2D eigenvalue weighted by atomic mass is 9.87. The second-order valence-electron chi connectivity index (χ2n) is 12.7. The van der Waals surface area contributed by atoms with E-state index in [1.807, 2.05) is 30.3 Å². The van der Waals surface area contributed by atoms with Crippen LogP contribution in [0.2, 0.25) is 0 Å². The Morgan fingerprint density at radius 1 is 1.07 bits per heavy atom. The van der Waals surface area contributed by atoms with E-state index in [1.165, 1.54) is 0 Å². The van der Waals surface area contributed by atoms with E-state index in [1.54, 1.807) is 0 Å². The van der Waals surface area contributed by atoms with Crippen LogP contribution >= 0.6 is 0 Å². The first-order chi connectivity index (χ1) is 20.0. The molecule has 0 radical (unpaired) electrons. The monoisotopic (exact) mass is 568 g/mol. The molecule has 42 heavy (non-hydrogen) atoms. The molecule has 1 aliphatic heterocycles. The molecule has 2 atom stereocenters. The standard InChI is InChI=1S/C35H40N2O5/c1-21-13-26(41-20-35(3,4)19-37(5)6)14-22(2)33(21)34-23(17-36)7-9-28-29(34)11-12-30(28)42-25-8-10-27-24(15-32(38)39)18-40-31(27)16-25/h7-10,13-14,16,24,30H,11-12,15,18-20H2,1-6H3,(H,38,39). The summed E-state index contributed by atoms with van der Waals surface area (Å²) in [6, 6.07) is 16.2. The summed E-state index contributed by atoms with van der Waals surface area (Å²) in [5.74, 6) is 1.26. The van der Waals surface area contributed by atoms with E-state index in [9.17, 15) is 15.2 Å². The van der Waals surface area contributed by atoms with Crippen LogP contribution in [0.25, 0.3) is 11.1 Å². The number of carbonyl (C=O) groups is 1. The number of aliphatic carboxylic acids is 1. The van der Waals surface area contributed by atoms with Crippen LogP contribution in [-0.4, -0.2) is 49.8 Å². The van der Waals surface area contributed by atoms with Crippen molar-refractivity contribution in [2.24, 2.45) is 5.41 Å². The molecule has 0 amide bonds. The highest BCUT2D eigenvalue weighted by molar-refractivity contribution is 5.81. The number of nitrogens with zero attached hydrogens (tertiary/aromatic N) is 2. The summed E-state index contributed by atoms with van der Waals surface area (Å²) in [6.45, 7) is 10.5. The maximum Gasteiger partial charge on any atom is 0.304 e. The molecule has 0 saturated carbocycles. The van der Waals surface area contributed by atoms with Gasteiger partial charge in [0, 0.05) is 35.1 Å². The lowest BCUT2D eigenvalue weighted by Crippen LogP contribution is -2.33. The van der Waals surface area contributed by atoms with Gasteiger partial charge in [-0.25, -0.2) is 0 Å². The van der Waals surface area contributed by atoms with E-state index in [2.05, 4.69) is 64.9 Å². The Labute approximate surface area is 248 Å². The van der Waals surface area contributed by atoms with E-state index in [-0.39, 0.29) is 23.9 Å². The minimum Gasteiger partial charge on any atom is -0.493 e. The van der Waals surface area contributed by atoms with Gasteiger partial charge in [-0.1, -0.05) is 26.0 Å². The fourth-order valence-corrected chi connectivity index (χ4v) is 6.62. The Hall–Kier alpha value is -4.02. The van der Waals surface area contributed by atoms with Crippen LogP contribution in [0.5, 0.6) is 17.2 Å². The van der Waals surface area contributed by atoms with E-state index < -0.39 is 5.97 Å². The zero-order valence-electron chi connectivity index (χ0n) is 25.4. The van der Waals surface area contributed by atoms with Crippen LogP contribution in [0.4, 0.5) is 0 Å². The van der Waals surface area contributed by atoms with Crippen molar-refractivity contribution < 1.29 is 24.1 Å². The number of benzene rings is 3. The van der Waals surface area contributed by atoms with Crippen molar-refractivity contribution in [3.05, 3.63) is 75.8 Å². The highest BCUT2D eigenvalue weighted by atomic mass is 16.5. The minimum atomic E-state index is -0.830. The number of carboxylic acid groups (broad SMARTS) is 1. The van der Waals surface area contributed by atoms with Crippen molar-refractivity contribution in [2.75, 3.05) is 33.9 Å². The van der Waals surface area contributed by atoms with Crippen molar-refractivity contribution in [1.29, 1.82) is 5.26 Å². The average Bonchev–Trinajstić information content (AvgIpc) is 3.50. The Bertz CT molecular complexity index is 1530. The molecule has 1 aliphatic carbocycles. The lowest BCUT2D eigenvalue weighted by molar-refractivity contribution is -0.137. The average molecular weight is 569 g/mol. The molecule has 2 unspecified atom stereocenters. The third-order valence-electron chi connectivity index (χ3n) is 8.17. The Morgan fingerprint density at radius 2 is 1.79 bits per heavy atom. The van der Waals surface area contributed by atoms with Crippen molar-refractivity contribution in [3.8, 4) is 34.4 Å². The SMILES string of the molecule is Cc1cc(OCC(C)(C)CN(C)C)cc(C)c1-c1c(C#N)ccc2c1CCC2Oc1ccc2c(c1)OCC2CC(=O)O. The van der Waals surface area contributed by atoms with Crippen LogP contribution in [0, 0.1) is 30.6 Å². The first-order valence-corrected chi connectivity index (χ1v) is 14.6. The number of hydrogen-bond donors (Lipinski definition) is 1. The van der Waals surface area contributed by atoms with E-state index in [0.29, 0.717) is 30.3 Å². The van der Waals surface area contributed by atoms with Gasteiger partial charge in [0.1, 0.15) is 23.4 Å². The number of fused-ring (bicyclic) bond motifs is 2. The predicted octanol–water partition coefficient (Wildman–Crippen LogP) is 6.83. The maximum atomic E-state index is 11.2. The highest BCUT2D eigenvalue weighted by Gasteiger charge is 2.31. The number of aryl methyl sites for hydroxylation is 2. The van der Waals surface area contributed by atoms with E-state index in [4.69, 9.17) is 14.2 Å². The second-order valence-corrected chi connectivity index (χ2v) is 12.7. The third kappa shape index (κ3) is 6.10. The van der Waals surface area contributed by atoms with Crippen molar-refractivity contribution in [2.45, 2.75) is 59.0 Å². The summed E-state index contributed by atoms with van der Waals surface area (Å²) in [7, 11) is 4.15. The fourth-order valence-electron chi connectivity index (χ4n) is 6.62. The molecule has 2 aliphatic rings. The molecule has 7 nitrogen and oxygen atoms in total. The fraction of sp³-hybridized carbons (Fsp3) is 0.429. The molecule has 1 heterocycles. The lowest BCUT2D eigenvalue weighted by Gasteiger charge is -2.28. The number of hydrogen-bond acceptors (Lipinski definition) is 6. The number of carboxylic acids is 1. The van der Waals surface area contributed by atoms with Gasteiger partial charge < -0.3 is 24.2 Å². The summed E-state index contributed by atoms with van der Waals surface area (Å²) in [5, 5.41) is 19.3. The summed E-state index contributed by atoms with van der Waals surface area (Å²) < 4.78 is 18.5. The van der Waals surface area contributed by atoms with Crippen molar-refractivity contribution >= 4 is 5.97 Å². The Balaban J connectivity index is 1.41. The van der Waals surface area contributed by atoms with E-state index >= 15 is 0 Å². The molecule has 5 rings (SSSR count). The topological polar surface area (TPSA) is 92.0 Å². The van der Waals surface area contributed by atoms with Crippen LogP contribution < -0.4 is 14.2 Å². The number of ether oxygens (including phenoxy) is 3. The second kappa shape index (κ2) is 11.7. The summed E-state index contributed by atoms with van der Waals surface area (Å²) in [6.07, 6.45) is 1.51. The zero-order chi connectivity index (χ0) is 30.2. The highest BCUT2D eigenvalue weighted by Crippen LogP contribution is 2.45. The molecule has 0 saturated heterocycles. The maximum absolute atomic E-state index is 11.2. The van der Waals surface area contributed by atoms with Gasteiger partial charge in [0.2, 0.25) is 0 Å². The quantitative estimate of drug-likeness (QED) is 0.287. The Kier molecular flexibility index (Phi) is 8.21. The van der Waals surface area contributed by atoms with Gasteiger partial charge in [-0.15, -0.1) is 0 Å². The zero-order valence-corrected chi connectivity index (χ0v) is 25.4.